The summed E-state index contributed by atoms with van der Waals surface area (Å²) in [6.07, 6.45) is 1.70. The molecule has 0 spiro atoms. The fourth-order valence-electron chi connectivity index (χ4n) is 2.94. The van der Waals surface area contributed by atoms with E-state index in [1.807, 2.05) is 30.3 Å². The highest BCUT2D eigenvalue weighted by Gasteiger charge is 2.20. The molecule has 0 bridgehead atoms. The summed E-state index contributed by atoms with van der Waals surface area (Å²) < 4.78 is 1.41. The third-order valence-corrected chi connectivity index (χ3v) is 4.66. The molecule has 2 N–H and O–H groups in total. The van der Waals surface area contributed by atoms with E-state index in [2.05, 4.69) is 14.9 Å². The summed E-state index contributed by atoms with van der Waals surface area (Å²) in [5, 5.41) is 4.55. The van der Waals surface area contributed by atoms with E-state index in [0.29, 0.717) is 13.1 Å². The second kappa shape index (κ2) is 7.79. The van der Waals surface area contributed by atoms with Crippen molar-refractivity contribution in [2.75, 3.05) is 44.2 Å². The molecule has 1 fully saturated rings. The summed E-state index contributed by atoms with van der Waals surface area (Å²) in [7, 11) is 0. The Morgan fingerprint density at radius 3 is 2.50 bits per heavy atom. The summed E-state index contributed by atoms with van der Waals surface area (Å²) in [4.78, 5) is 17.0. The van der Waals surface area contributed by atoms with Gasteiger partial charge in [0.25, 0.3) is 5.56 Å². The second-order valence-corrected chi connectivity index (χ2v) is 6.29. The van der Waals surface area contributed by atoms with E-state index in [9.17, 15) is 4.79 Å². The SMILES string of the molecule is NCCN1CCN(c2cnn(Cc3ccccc3)c(=O)c2Cl)CC1. The molecule has 0 saturated carbocycles. The van der Waals surface area contributed by atoms with Crippen LogP contribution in [0.25, 0.3) is 0 Å². The van der Waals surface area contributed by atoms with Gasteiger partial charge < -0.3 is 10.6 Å². The van der Waals surface area contributed by atoms with Gasteiger partial charge in [0.15, 0.2) is 0 Å². The summed E-state index contributed by atoms with van der Waals surface area (Å²) in [6, 6.07) is 9.76. The van der Waals surface area contributed by atoms with Gasteiger partial charge in [-0.1, -0.05) is 41.9 Å². The van der Waals surface area contributed by atoms with Crippen LogP contribution in [-0.4, -0.2) is 53.9 Å². The lowest BCUT2D eigenvalue weighted by atomic mass is 10.2. The van der Waals surface area contributed by atoms with Crippen LogP contribution < -0.4 is 16.2 Å². The highest BCUT2D eigenvalue weighted by atomic mass is 35.5. The molecular formula is C17H22ClN5O. The molecule has 0 aliphatic carbocycles. The van der Waals surface area contributed by atoms with Gasteiger partial charge >= 0.3 is 0 Å². The monoisotopic (exact) mass is 347 g/mol. The molecular weight excluding hydrogens is 326 g/mol. The molecule has 0 atom stereocenters. The highest BCUT2D eigenvalue weighted by molar-refractivity contribution is 6.33. The van der Waals surface area contributed by atoms with Crippen LogP contribution in [0.5, 0.6) is 0 Å². The Morgan fingerprint density at radius 1 is 1.12 bits per heavy atom. The van der Waals surface area contributed by atoms with Gasteiger partial charge in [0.1, 0.15) is 5.02 Å². The van der Waals surface area contributed by atoms with Gasteiger partial charge in [-0.05, 0) is 5.56 Å². The van der Waals surface area contributed by atoms with Crippen molar-refractivity contribution in [2.45, 2.75) is 6.54 Å². The highest BCUT2D eigenvalue weighted by Crippen LogP contribution is 2.22. The van der Waals surface area contributed by atoms with E-state index in [1.54, 1.807) is 6.20 Å². The summed E-state index contributed by atoms with van der Waals surface area (Å²) in [5.74, 6) is 0. The summed E-state index contributed by atoms with van der Waals surface area (Å²) >= 11 is 6.35. The van der Waals surface area contributed by atoms with Gasteiger partial charge in [0.05, 0.1) is 18.4 Å². The lowest BCUT2D eigenvalue weighted by Gasteiger charge is -2.35. The van der Waals surface area contributed by atoms with Crippen LogP contribution >= 0.6 is 11.6 Å². The van der Waals surface area contributed by atoms with Crippen molar-refractivity contribution in [3.8, 4) is 0 Å². The Balaban J connectivity index is 1.75. The number of rotatable bonds is 5. The van der Waals surface area contributed by atoms with Crippen molar-refractivity contribution in [3.05, 3.63) is 57.5 Å². The quantitative estimate of drug-likeness (QED) is 0.875. The number of piperazine rings is 1. The van der Waals surface area contributed by atoms with Crippen molar-refractivity contribution >= 4 is 17.3 Å². The first-order valence-electron chi connectivity index (χ1n) is 8.16. The molecule has 3 rings (SSSR count). The summed E-state index contributed by atoms with van der Waals surface area (Å²) in [6.45, 7) is 5.47. The molecule has 1 aliphatic heterocycles. The molecule has 0 radical (unpaired) electrons. The fourth-order valence-corrected chi connectivity index (χ4v) is 3.21. The lowest BCUT2D eigenvalue weighted by molar-refractivity contribution is 0.264. The number of benzene rings is 1. The zero-order valence-corrected chi connectivity index (χ0v) is 14.3. The van der Waals surface area contributed by atoms with Crippen LogP contribution in [0, 0.1) is 0 Å². The number of nitrogens with zero attached hydrogens (tertiary/aromatic N) is 4. The smallest absolute Gasteiger partial charge is 0.287 e. The molecule has 2 heterocycles. The maximum Gasteiger partial charge on any atom is 0.287 e. The first-order valence-corrected chi connectivity index (χ1v) is 8.54. The molecule has 0 amide bonds. The third-order valence-electron chi connectivity index (χ3n) is 4.30. The molecule has 1 aromatic heterocycles. The normalized spacial score (nSPS) is 15.7. The van der Waals surface area contributed by atoms with E-state index in [0.717, 1.165) is 44.0 Å². The van der Waals surface area contributed by atoms with Crippen molar-refractivity contribution in [2.24, 2.45) is 5.73 Å². The number of nitrogens with two attached hydrogens (primary N) is 1. The zero-order valence-electron chi connectivity index (χ0n) is 13.6. The van der Waals surface area contributed by atoms with Crippen molar-refractivity contribution < 1.29 is 0 Å². The minimum absolute atomic E-state index is 0.244. The second-order valence-electron chi connectivity index (χ2n) is 5.91. The molecule has 1 saturated heterocycles. The maximum atomic E-state index is 12.5. The predicted octanol–water partition coefficient (Wildman–Crippen LogP) is 1.03. The van der Waals surface area contributed by atoms with Crippen molar-refractivity contribution in [1.29, 1.82) is 0 Å². The summed E-state index contributed by atoms with van der Waals surface area (Å²) in [5.41, 5.74) is 7.09. The fraction of sp³-hybridized carbons (Fsp3) is 0.412. The lowest BCUT2D eigenvalue weighted by Crippen LogP contribution is -2.48. The number of halogens is 1. The molecule has 128 valence electrons. The Bertz CT molecular complexity index is 726. The Hall–Kier alpha value is -1.89. The minimum atomic E-state index is -0.248. The average molecular weight is 348 g/mol. The number of hydrogen-bond acceptors (Lipinski definition) is 5. The van der Waals surface area contributed by atoms with Gasteiger partial charge in [0, 0.05) is 39.3 Å². The molecule has 2 aromatic rings. The van der Waals surface area contributed by atoms with Gasteiger partial charge in [-0.2, -0.15) is 5.10 Å². The van der Waals surface area contributed by atoms with Gasteiger partial charge in [0.2, 0.25) is 0 Å². The molecule has 1 aliphatic rings. The van der Waals surface area contributed by atoms with Crippen LogP contribution in [0.2, 0.25) is 5.02 Å². The van der Waals surface area contributed by atoms with E-state index in [-0.39, 0.29) is 10.6 Å². The van der Waals surface area contributed by atoms with Crippen LogP contribution in [0.3, 0.4) is 0 Å². The number of aromatic nitrogens is 2. The van der Waals surface area contributed by atoms with Crippen molar-refractivity contribution in [3.63, 3.8) is 0 Å². The average Bonchev–Trinajstić information content (AvgIpc) is 2.61. The molecule has 1 aromatic carbocycles. The van der Waals surface area contributed by atoms with Crippen LogP contribution in [-0.2, 0) is 6.54 Å². The first kappa shape index (κ1) is 17.0. The van der Waals surface area contributed by atoms with Crippen LogP contribution in [0.1, 0.15) is 5.56 Å². The maximum absolute atomic E-state index is 12.5. The predicted molar refractivity (Wildman–Crippen MR) is 96.8 cm³/mol. The van der Waals surface area contributed by atoms with E-state index >= 15 is 0 Å². The molecule has 7 heteroatoms. The van der Waals surface area contributed by atoms with E-state index in [4.69, 9.17) is 17.3 Å². The van der Waals surface area contributed by atoms with Crippen molar-refractivity contribution in [1.82, 2.24) is 14.7 Å². The number of hydrogen-bond donors (Lipinski definition) is 1. The topological polar surface area (TPSA) is 67.4 Å². The van der Waals surface area contributed by atoms with Gasteiger partial charge in [-0.15, -0.1) is 0 Å². The minimum Gasteiger partial charge on any atom is -0.366 e. The number of anilines is 1. The largest absolute Gasteiger partial charge is 0.366 e. The van der Waals surface area contributed by atoms with Crippen LogP contribution in [0.15, 0.2) is 41.3 Å². The first-order chi connectivity index (χ1) is 11.7. The Kier molecular flexibility index (Phi) is 5.50. The molecule has 24 heavy (non-hydrogen) atoms. The molecule has 0 unspecified atom stereocenters. The standard InChI is InChI=1S/C17H22ClN5O/c18-16-15(22-10-8-21(7-6-19)9-11-22)12-20-23(17(16)24)13-14-4-2-1-3-5-14/h1-5,12H,6-11,13,19H2. The zero-order chi connectivity index (χ0) is 16.9. The Labute approximate surface area is 146 Å². The third kappa shape index (κ3) is 3.77. The van der Waals surface area contributed by atoms with Gasteiger partial charge in [-0.25, -0.2) is 4.68 Å². The van der Waals surface area contributed by atoms with E-state index in [1.165, 1.54) is 4.68 Å². The molecule has 6 nitrogen and oxygen atoms in total. The Morgan fingerprint density at radius 2 is 1.83 bits per heavy atom. The van der Waals surface area contributed by atoms with E-state index < -0.39 is 0 Å². The van der Waals surface area contributed by atoms with Crippen LogP contribution in [0.4, 0.5) is 5.69 Å². The van der Waals surface area contributed by atoms with Gasteiger partial charge in [-0.3, -0.25) is 9.69 Å².